The normalized spacial score (nSPS) is 16.5. The summed E-state index contributed by atoms with van der Waals surface area (Å²) in [6, 6.07) is 10.4. The van der Waals surface area contributed by atoms with Gasteiger partial charge in [-0.05, 0) is 44.3 Å². The summed E-state index contributed by atoms with van der Waals surface area (Å²) < 4.78 is 0. The van der Waals surface area contributed by atoms with Gasteiger partial charge in [0.2, 0.25) is 5.91 Å². The lowest BCUT2D eigenvalue weighted by molar-refractivity contribution is -0.121. The van der Waals surface area contributed by atoms with E-state index in [1.165, 1.54) is 6.20 Å². The van der Waals surface area contributed by atoms with Crippen molar-refractivity contribution in [3.63, 3.8) is 0 Å². The fourth-order valence-corrected chi connectivity index (χ4v) is 3.00. The fourth-order valence-electron chi connectivity index (χ4n) is 3.00. The molecule has 1 saturated heterocycles. The second-order valence-corrected chi connectivity index (χ2v) is 6.78. The summed E-state index contributed by atoms with van der Waals surface area (Å²) in [5.41, 5.74) is 1.76. The standard InChI is InChI=1S/C20H25N5O2/c1-15(25-11-9-24(2)10-12-25)19(26)22-17-6-3-7-18(13-17)23-20(27)16-5-4-8-21-14-16/h3-8,13-15H,9-12H2,1-2H3,(H,22,26)(H,23,27). The Bertz CT molecular complexity index is 788. The smallest absolute Gasteiger partial charge is 0.257 e. The van der Waals surface area contributed by atoms with Gasteiger partial charge in [0.1, 0.15) is 0 Å². The van der Waals surface area contributed by atoms with Gasteiger partial charge in [-0.1, -0.05) is 6.07 Å². The number of anilines is 2. The van der Waals surface area contributed by atoms with Gasteiger partial charge in [0.25, 0.3) is 5.91 Å². The molecule has 0 radical (unpaired) electrons. The molecule has 142 valence electrons. The number of nitrogens with zero attached hydrogens (tertiary/aromatic N) is 3. The van der Waals surface area contributed by atoms with Gasteiger partial charge >= 0.3 is 0 Å². The van der Waals surface area contributed by atoms with Crippen LogP contribution in [-0.4, -0.2) is 65.9 Å². The summed E-state index contributed by atoms with van der Waals surface area (Å²) in [5.74, 6) is -0.285. The molecule has 1 atom stereocenters. The summed E-state index contributed by atoms with van der Waals surface area (Å²) in [6.45, 7) is 5.62. The third kappa shape index (κ3) is 5.12. The molecule has 7 nitrogen and oxygen atoms in total. The molecule has 0 saturated carbocycles. The number of carbonyl (C=O) groups is 2. The molecule has 2 N–H and O–H groups in total. The minimum absolute atomic E-state index is 0.0460. The van der Waals surface area contributed by atoms with E-state index >= 15 is 0 Å². The van der Waals surface area contributed by atoms with Crippen LogP contribution in [-0.2, 0) is 4.79 Å². The van der Waals surface area contributed by atoms with Gasteiger partial charge in [0.05, 0.1) is 11.6 Å². The quantitative estimate of drug-likeness (QED) is 0.844. The number of piperazine rings is 1. The molecule has 0 spiro atoms. The van der Waals surface area contributed by atoms with E-state index in [4.69, 9.17) is 0 Å². The fraction of sp³-hybridized carbons (Fsp3) is 0.350. The van der Waals surface area contributed by atoms with Crippen LogP contribution < -0.4 is 10.6 Å². The molecule has 0 bridgehead atoms. The Balaban J connectivity index is 1.60. The van der Waals surface area contributed by atoms with Crippen LogP contribution in [0.15, 0.2) is 48.8 Å². The van der Waals surface area contributed by atoms with Crippen molar-refractivity contribution in [3.8, 4) is 0 Å². The molecule has 2 aromatic rings. The van der Waals surface area contributed by atoms with Crippen molar-refractivity contribution in [1.82, 2.24) is 14.8 Å². The van der Waals surface area contributed by atoms with Gasteiger partial charge < -0.3 is 15.5 Å². The van der Waals surface area contributed by atoms with E-state index in [-0.39, 0.29) is 17.9 Å². The van der Waals surface area contributed by atoms with E-state index < -0.39 is 0 Å². The zero-order valence-electron chi connectivity index (χ0n) is 15.7. The zero-order chi connectivity index (χ0) is 19.2. The highest BCUT2D eigenvalue weighted by atomic mass is 16.2. The Hall–Kier alpha value is -2.77. The number of hydrogen-bond acceptors (Lipinski definition) is 5. The molecule has 27 heavy (non-hydrogen) atoms. The average molecular weight is 367 g/mol. The molecule has 1 aliphatic heterocycles. The van der Waals surface area contributed by atoms with Gasteiger partial charge in [-0.3, -0.25) is 19.5 Å². The van der Waals surface area contributed by atoms with Crippen LogP contribution >= 0.6 is 0 Å². The largest absolute Gasteiger partial charge is 0.325 e. The second kappa shape index (κ2) is 8.75. The van der Waals surface area contributed by atoms with E-state index in [1.54, 1.807) is 36.5 Å². The van der Waals surface area contributed by atoms with Crippen LogP contribution in [0.1, 0.15) is 17.3 Å². The first kappa shape index (κ1) is 19.0. The second-order valence-electron chi connectivity index (χ2n) is 6.78. The van der Waals surface area contributed by atoms with Crippen LogP contribution in [0, 0.1) is 0 Å². The molecule has 7 heteroatoms. The van der Waals surface area contributed by atoms with E-state index in [2.05, 4.69) is 32.5 Å². The van der Waals surface area contributed by atoms with Gasteiger partial charge in [-0.2, -0.15) is 0 Å². The van der Waals surface area contributed by atoms with Crippen LogP contribution in [0.25, 0.3) is 0 Å². The summed E-state index contributed by atoms with van der Waals surface area (Å²) in [7, 11) is 2.09. The summed E-state index contributed by atoms with van der Waals surface area (Å²) in [4.78, 5) is 33.2. The molecule has 0 aliphatic carbocycles. The van der Waals surface area contributed by atoms with Crippen LogP contribution in [0.3, 0.4) is 0 Å². The van der Waals surface area contributed by atoms with Crippen molar-refractivity contribution in [2.75, 3.05) is 43.9 Å². The summed E-state index contributed by atoms with van der Waals surface area (Å²) >= 11 is 0. The number of hydrogen-bond donors (Lipinski definition) is 2. The van der Waals surface area contributed by atoms with Gasteiger partial charge in [-0.15, -0.1) is 0 Å². The maximum Gasteiger partial charge on any atom is 0.257 e. The predicted molar refractivity (Wildman–Crippen MR) is 106 cm³/mol. The number of benzene rings is 1. The number of pyridine rings is 1. The number of rotatable bonds is 5. The van der Waals surface area contributed by atoms with Crippen molar-refractivity contribution in [3.05, 3.63) is 54.4 Å². The Morgan fingerprint density at radius 3 is 2.41 bits per heavy atom. The first-order valence-electron chi connectivity index (χ1n) is 9.08. The Morgan fingerprint density at radius 1 is 1.04 bits per heavy atom. The van der Waals surface area contributed by atoms with Gasteiger partial charge in [0, 0.05) is 49.9 Å². The third-order valence-corrected chi connectivity index (χ3v) is 4.78. The lowest BCUT2D eigenvalue weighted by Gasteiger charge is -2.35. The van der Waals surface area contributed by atoms with Crippen molar-refractivity contribution in [2.24, 2.45) is 0 Å². The lowest BCUT2D eigenvalue weighted by atomic mass is 10.2. The van der Waals surface area contributed by atoms with Crippen molar-refractivity contribution in [1.29, 1.82) is 0 Å². The summed E-state index contributed by atoms with van der Waals surface area (Å²) in [5, 5.41) is 5.77. The Morgan fingerprint density at radius 2 is 1.74 bits per heavy atom. The molecule has 1 aliphatic rings. The lowest BCUT2D eigenvalue weighted by Crippen LogP contribution is -2.51. The highest BCUT2D eigenvalue weighted by molar-refractivity contribution is 6.04. The summed E-state index contributed by atoms with van der Waals surface area (Å²) in [6.07, 6.45) is 3.13. The van der Waals surface area contributed by atoms with E-state index in [1.807, 2.05) is 13.0 Å². The van der Waals surface area contributed by atoms with Crippen LogP contribution in [0.2, 0.25) is 0 Å². The minimum atomic E-state index is -0.239. The SMILES string of the molecule is CC(C(=O)Nc1cccc(NC(=O)c2cccnc2)c1)N1CCN(C)CC1. The topological polar surface area (TPSA) is 77.6 Å². The first-order valence-corrected chi connectivity index (χ1v) is 9.08. The molecular weight excluding hydrogens is 342 g/mol. The maximum absolute atomic E-state index is 12.6. The number of amides is 2. The highest BCUT2D eigenvalue weighted by Crippen LogP contribution is 2.17. The predicted octanol–water partition coefficient (Wildman–Crippen LogP) is 1.91. The number of nitrogens with one attached hydrogen (secondary N) is 2. The Kier molecular flexibility index (Phi) is 6.16. The number of aromatic nitrogens is 1. The van der Waals surface area contributed by atoms with Gasteiger partial charge in [0.15, 0.2) is 0 Å². The van der Waals surface area contributed by atoms with Crippen molar-refractivity contribution in [2.45, 2.75) is 13.0 Å². The molecule has 1 fully saturated rings. The van der Waals surface area contributed by atoms with Crippen molar-refractivity contribution >= 4 is 23.2 Å². The highest BCUT2D eigenvalue weighted by Gasteiger charge is 2.24. The monoisotopic (exact) mass is 367 g/mol. The number of carbonyl (C=O) groups excluding carboxylic acids is 2. The van der Waals surface area contributed by atoms with E-state index in [0.29, 0.717) is 16.9 Å². The zero-order valence-corrected chi connectivity index (χ0v) is 15.7. The minimum Gasteiger partial charge on any atom is -0.325 e. The van der Waals surface area contributed by atoms with Gasteiger partial charge in [-0.25, -0.2) is 0 Å². The van der Waals surface area contributed by atoms with Crippen molar-refractivity contribution < 1.29 is 9.59 Å². The molecule has 2 amide bonds. The van der Waals surface area contributed by atoms with E-state index in [0.717, 1.165) is 26.2 Å². The first-order chi connectivity index (χ1) is 13.0. The van der Waals surface area contributed by atoms with Crippen LogP contribution in [0.4, 0.5) is 11.4 Å². The maximum atomic E-state index is 12.6. The Labute approximate surface area is 159 Å². The molecule has 1 aromatic carbocycles. The molecular formula is C20H25N5O2. The molecule has 2 heterocycles. The number of likely N-dealkylation sites (N-methyl/N-ethyl adjacent to an activating group) is 1. The average Bonchev–Trinajstić information content (AvgIpc) is 2.69. The molecule has 1 aromatic heterocycles. The third-order valence-electron chi connectivity index (χ3n) is 4.78. The molecule has 1 unspecified atom stereocenters. The molecule has 3 rings (SSSR count). The van der Waals surface area contributed by atoms with E-state index in [9.17, 15) is 9.59 Å². The van der Waals surface area contributed by atoms with Crippen LogP contribution in [0.5, 0.6) is 0 Å².